The maximum Gasteiger partial charge on any atom is 0.330 e. The molecule has 1 aromatic rings. The van der Waals surface area contributed by atoms with E-state index in [2.05, 4.69) is 0 Å². The van der Waals surface area contributed by atoms with Gasteiger partial charge in [0, 0.05) is 11.1 Å². The average Bonchev–Trinajstić information content (AvgIpc) is 2.22. The highest BCUT2D eigenvalue weighted by molar-refractivity contribution is 6.36. The Kier molecular flexibility index (Phi) is 4.65. The van der Waals surface area contributed by atoms with Gasteiger partial charge < -0.3 is 10.5 Å². The molecule has 0 aliphatic carbocycles. The molecule has 0 spiro atoms. The first-order valence-corrected chi connectivity index (χ1v) is 5.39. The Morgan fingerprint density at radius 2 is 2.12 bits per heavy atom. The van der Waals surface area contributed by atoms with E-state index in [1.54, 1.807) is 13.0 Å². The fourth-order valence-electron chi connectivity index (χ4n) is 1.05. The average molecular weight is 260 g/mol. The Hall–Kier alpha value is -1.19. The molecule has 86 valence electrons. The summed E-state index contributed by atoms with van der Waals surface area (Å²) in [5.74, 6) is -0.425. The van der Waals surface area contributed by atoms with Gasteiger partial charge in [-0.2, -0.15) is 0 Å². The molecule has 16 heavy (non-hydrogen) atoms. The van der Waals surface area contributed by atoms with E-state index >= 15 is 0 Å². The lowest BCUT2D eigenvalue weighted by Crippen LogP contribution is -1.98. The third kappa shape index (κ3) is 3.43. The predicted octanol–water partition coefficient (Wildman–Crippen LogP) is 3.15. The second kappa shape index (κ2) is 5.77. The molecule has 0 radical (unpaired) electrons. The summed E-state index contributed by atoms with van der Waals surface area (Å²) < 4.78 is 4.73. The summed E-state index contributed by atoms with van der Waals surface area (Å²) in [5, 5.41) is 0.829. The monoisotopic (exact) mass is 259 g/mol. The van der Waals surface area contributed by atoms with Crippen molar-refractivity contribution in [3.8, 4) is 0 Å². The molecule has 0 saturated carbocycles. The number of esters is 1. The van der Waals surface area contributed by atoms with Gasteiger partial charge in [0.1, 0.15) is 0 Å². The third-order valence-electron chi connectivity index (χ3n) is 1.80. The maximum absolute atomic E-state index is 11.1. The number of nitrogen functional groups attached to an aromatic ring is 1. The van der Waals surface area contributed by atoms with E-state index in [0.717, 1.165) is 0 Å². The van der Waals surface area contributed by atoms with Crippen LogP contribution in [0.15, 0.2) is 18.2 Å². The number of rotatable bonds is 3. The van der Waals surface area contributed by atoms with Gasteiger partial charge in [-0.1, -0.05) is 23.2 Å². The molecule has 0 aromatic heterocycles. The molecule has 1 rings (SSSR count). The first kappa shape index (κ1) is 12.9. The Labute approximate surface area is 104 Å². The Balaban J connectivity index is 2.89. The van der Waals surface area contributed by atoms with E-state index < -0.39 is 5.97 Å². The fourth-order valence-corrected chi connectivity index (χ4v) is 1.46. The van der Waals surface area contributed by atoms with Crippen LogP contribution in [-0.2, 0) is 9.53 Å². The third-order valence-corrected chi connectivity index (χ3v) is 2.46. The Morgan fingerprint density at radius 3 is 2.75 bits per heavy atom. The van der Waals surface area contributed by atoms with E-state index in [-0.39, 0.29) is 0 Å². The van der Waals surface area contributed by atoms with Crippen molar-refractivity contribution >= 4 is 40.9 Å². The standard InChI is InChI=1S/C11H11Cl2NO2/c1-2-16-11(15)4-3-7-5-9(13)10(14)6-8(7)12/h3-6H,2,14H2,1H3. The summed E-state index contributed by atoms with van der Waals surface area (Å²) in [6.45, 7) is 2.07. The van der Waals surface area contributed by atoms with Crippen molar-refractivity contribution in [1.29, 1.82) is 0 Å². The highest BCUT2D eigenvalue weighted by atomic mass is 35.5. The number of nitrogens with two attached hydrogens (primary N) is 1. The van der Waals surface area contributed by atoms with Gasteiger partial charge in [0.05, 0.1) is 17.3 Å². The van der Waals surface area contributed by atoms with Crippen molar-refractivity contribution in [1.82, 2.24) is 0 Å². The van der Waals surface area contributed by atoms with Crippen LogP contribution in [0, 0.1) is 0 Å². The van der Waals surface area contributed by atoms with E-state index in [1.165, 1.54) is 18.2 Å². The van der Waals surface area contributed by atoms with Crippen LogP contribution in [0.5, 0.6) is 0 Å². The Bertz CT molecular complexity index is 430. The van der Waals surface area contributed by atoms with Gasteiger partial charge in [-0.15, -0.1) is 0 Å². The first-order chi connectivity index (χ1) is 7.54. The van der Waals surface area contributed by atoms with Crippen molar-refractivity contribution in [3.63, 3.8) is 0 Å². The Morgan fingerprint density at radius 1 is 1.44 bits per heavy atom. The van der Waals surface area contributed by atoms with E-state index in [9.17, 15) is 4.79 Å². The summed E-state index contributed by atoms with van der Waals surface area (Å²) in [6.07, 6.45) is 2.82. The van der Waals surface area contributed by atoms with Gasteiger partial charge in [0.2, 0.25) is 0 Å². The minimum Gasteiger partial charge on any atom is -0.463 e. The predicted molar refractivity (Wildman–Crippen MR) is 66.5 cm³/mol. The number of carbonyl (C=O) groups is 1. The summed E-state index contributed by atoms with van der Waals surface area (Å²) in [6, 6.07) is 3.13. The minimum absolute atomic E-state index is 0.333. The molecule has 3 nitrogen and oxygen atoms in total. The summed E-state index contributed by atoms with van der Waals surface area (Å²) in [5.41, 5.74) is 6.58. The molecular formula is C11H11Cl2NO2. The molecule has 1 aromatic carbocycles. The number of hydrogen-bond donors (Lipinski definition) is 1. The van der Waals surface area contributed by atoms with Crippen LogP contribution >= 0.6 is 23.2 Å². The maximum atomic E-state index is 11.1. The summed E-state index contributed by atoms with van der Waals surface area (Å²) in [7, 11) is 0. The quantitative estimate of drug-likeness (QED) is 0.516. The van der Waals surface area contributed by atoms with Crippen molar-refractivity contribution in [2.75, 3.05) is 12.3 Å². The van der Waals surface area contributed by atoms with Gasteiger partial charge in [-0.3, -0.25) is 0 Å². The van der Waals surface area contributed by atoms with Crippen molar-refractivity contribution in [3.05, 3.63) is 33.8 Å². The van der Waals surface area contributed by atoms with Gasteiger partial charge in [0.25, 0.3) is 0 Å². The van der Waals surface area contributed by atoms with Crippen LogP contribution in [0.2, 0.25) is 10.0 Å². The second-order valence-electron chi connectivity index (χ2n) is 2.98. The van der Waals surface area contributed by atoms with E-state index in [1.807, 2.05) is 0 Å². The lowest BCUT2D eigenvalue weighted by Gasteiger charge is -2.02. The van der Waals surface area contributed by atoms with E-state index in [0.29, 0.717) is 27.9 Å². The highest BCUT2D eigenvalue weighted by Gasteiger charge is 2.03. The number of hydrogen-bond acceptors (Lipinski definition) is 3. The van der Waals surface area contributed by atoms with Crippen LogP contribution in [0.25, 0.3) is 6.08 Å². The minimum atomic E-state index is -0.425. The summed E-state index contributed by atoms with van der Waals surface area (Å²) >= 11 is 11.7. The molecule has 0 atom stereocenters. The van der Waals surface area contributed by atoms with Crippen molar-refractivity contribution in [2.45, 2.75) is 6.92 Å². The molecule has 5 heteroatoms. The van der Waals surface area contributed by atoms with Gasteiger partial charge in [0.15, 0.2) is 0 Å². The summed E-state index contributed by atoms with van der Waals surface area (Å²) in [4.78, 5) is 11.1. The number of anilines is 1. The van der Waals surface area contributed by atoms with Crippen LogP contribution < -0.4 is 5.73 Å². The SMILES string of the molecule is CCOC(=O)C=Cc1cc(Cl)c(N)cc1Cl. The van der Waals surface area contributed by atoms with E-state index in [4.69, 9.17) is 33.7 Å². The molecule has 0 amide bonds. The number of benzene rings is 1. The molecule has 0 bridgehead atoms. The van der Waals surface area contributed by atoms with Crippen LogP contribution in [0.4, 0.5) is 5.69 Å². The molecule has 0 unspecified atom stereocenters. The number of halogens is 2. The largest absolute Gasteiger partial charge is 0.463 e. The zero-order valence-electron chi connectivity index (χ0n) is 8.67. The lowest BCUT2D eigenvalue weighted by atomic mass is 10.2. The molecule has 0 saturated heterocycles. The van der Waals surface area contributed by atoms with Gasteiger partial charge in [-0.25, -0.2) is 4.79 Å². The highest BCUT2D eigenvalue weighted by Crippen LogP contribution is 2.27. The zero-order chi connectivity index (χ0) is 12.1. The molecule has 0 aliphatic rings. The number of carbonyl (C=O) groups excluding carboxylic acids is 1. The number of ether oxygens (including phenoxy) is 1. The molecule has 2 N–H and O–H groups in total. The molecule has 0 fully saturated rings. The molecular weight excluding hydrogens is 249 g/mol. The van der Waals surface area contributed by atoms with Crippen LogP contribution in [0.1, 0.15) is 12.5 Å². The first-order valence-electron chi connectivity index (χ1n) is 4.64. The smallest absolute Gasteiger partial charge is 0.330 e. The van der Waals surface area contributed by atoms with Crippen LogP contribution in [-0.4, -0.2) is 12.6 Å². The van der Waals surface area contributed by atoms with Crippen molar-refractivity contribution in [2.24, 2.45) is 0 Å². The van der Waals surface area contributed by atoms with Gasteiger partial charge in [-0.05, 0) is 30.7 Å². The fraction of sp³-hybridized carbons (Fsp3) is 0.182. The molecule has 0 aliphatic heterocycles. The van der Waals surface area contributed by atoms with Crippen LogP contribution in [0.3, 0.4) is 0 Å². The molecule has 0 heterocycles. The van der Waals surface area contributed by atoms with Crippen molar-refractivity contribution < 1.29 is 9.53 Å². The lowest BCUT2D eigenvalue weighted by molar-refractivity contribution is -0.137. The topological polar surface area (TPSA) is 52.3 Å². The normalized spacial score (nSPS) is 10.7. The van der Waals surface area contributed by atoms with Gasteiger partial charge >= 0.3 is 5.97 Å². The second-order valence-corrected chi connectivity index (χ2v) is 3.80. The zero-order valence-corrected chi connectivity index (χ0v) is 10.2.